The summed E-state index contributed by atoms with van der Waals surface area (Å²) in [5, 5.41) is 3.55. The number of esters is 1. The molecule has 1 aromatic rings. The van der Waals surface area contributed by atoms with Gasteiger partial charge in [0.25, 0.3) is 5.91 Å². The number of nitrogens with one attached hydrogen (secondary N) is 1. The molecule has 124 valence electrons. The highest BCUT2D eigenvalue weighted by Gasteiger charge is 2.22. The van der Waals surface area contributed by atoms with Crippen molar-refractivity contribution in [1.82, 2.24) is 5.32 Å². The first-order valence-electron chi connectivity index (χ1n) is 7.94. The van der Waals surface area contributed by atoms with Gasteiger partial charge in [0.15, 0.2) is 6.61 Å². The molecular weight excluding hydrogens is 314 g/mol. The van der Waals surface area contributed by atoms with Crippen LogP contribution >= 0.6 is 11.6 Å². The molecule has 0 radical (unpaired) electrons. The van der Waals surface area contributed by atoms with E-state index in [9.17, 15) is 9.59 Å². The number of carbonyl (C=O) groups excluding carboxylic acids is 2. The average molecular weight is 336 g/mol. The lowest BCUT2D eigenvalue weighted by Gasteiger charge is -2.29. The lowest BCUT2D eigenvalue weighted by atomic mass is 9.86. The number of benzene rings is 1. The van der Waals surface area contributed by atoms with Gasteiger partial charge in [0.2, 0.25) is 0 Å². The molecule has 0 heterocycles. The van der Waals surface area contributed by atoms with Gasteiger partial charge in [-0.25, -0.2) is 4.79 Å². The summed E-state index contributed by atoms with van der Waals surface area (Å²) in [6, 6.07) is 7.31. The summed E-state index contributed by atoms with van der Waals surface area (Å²) >= 11 is 5.86. The molecule has 1 saturated carbocycles. The molecule has 1 amide bonds. The Kier molecular flexibility index (Phi) is 6.66. The second-order valence-corrected chi connectivity index (χ2v) is 6.37. The Hall–Kier alpha value is -1.81. The standard InChI is InChI=1S/C18H22ClNO3/c1-13-5-2-3-8-16(13)20-17(21)12-23-18(22)10-9-14-6-4-7-15(19)11-14/h4,6-7,9-11,13,16H,2-3,5,8,12H2,1H3,(H,20,21)/b10-9+/t13-,16-/m1/s1. The molecule has 1 N–H and O–H groups in total. The molecule has 0 spiro atoms. The van der Waals surface area contributed by atoms with E-state index in [1.165, 1.54) is 12.5 Å². The van der Waals surface area contributed by atoms with Gasteiger partial charge in [-0.1, -0.05) is 43.5 Å². The third-order valence-corrected chi connectivity index (χ3v) is 4.30. The molecule has 1 aromatic carbocycles. The van der Waals surface area contributed by atoms with Gasteiger partial charge in [-0.15, -0.1) is 0 Å². The zero-order chi connectivity index (χ0) is 16.7. The summed E-state index contributed by atoms with van der Waals surface area (Å²) in [5.74, 6) is -0.309. The third kappa shape index (κ3) is 6.06. The third-order valence-electron chi connectivity index (χ3n) is 4.06. The molecule has 1 aliphatic rings. The van der Waals surface area contributed by atoms with Crippen molar-refractivity contribution in [3.8, 4) is 0 Å². The van der Waals surface area contributed by atoms with E-state index < -0.39 is 5.97 Å². The molecule has 2 rings (SSSR count). The second kappa shape index (κ2) is 8.73. The lowest BCUT2D eigenvalue weighted by Crippen LogP contribution is -2.42. The summed E-state index contributed by atoms with van der Waals surface area (Å²) in [4.78, 5) is 23.5. The van der Waals surface area contributed by atoms with Crippen molar-refractivity contribution in [3.05, 3.63) is 40.9 Å². The zero-order valence-electron chi connectivity index (χ0n) is 13.3. The number of hydrogen-bond acceptors (Lipinski definition) is 3. The van der Waals surface area contributed by atoms with Crippen LogP contribution in [-0.2, 0) is 14.3 Å². The molecule has 0 saturated heterocycles. The maximum Gasteiger partial charge on any atom is 0.331 e. The van der Waals surface area contributed by atoms with Crippen LogP contribution in [0.4, 0.5) is 0 Å². The number of ether oxygens (including phenoxy) is 1. The van der Waals surface area contributed by atoms with Crippen molar-refractivity contribution in [2.75, 3.05) is 6.61 Å². The molecule has 2 atom stereocenters. The average Bonchev–Trinajstić information content (AvgIpc) is 2.53. The largest absolute Gasteiger partial charge is 0.452 e. The number of carbonyl (C=O) groups is 2. The predicted molar refractivity (Wildman–Crippen MR) is 91.0 cm³/mol. The molecule has 0 aliphatic heterocycles. The number of halogens is 1. The molecule has 0 aromatic heterocycles. The zero-order valence-corrected chi connectivity index (χ0v) is 14.0. The van der Waals surface area contributed by atoms with Gasteiger partial charge in [-0.05, 0) is 42.5 Å². The Morgan fingerprint density at radius 3 is 2.87 bits per heavy atom. The highest BCUT2D eigenvalue weighted by atomic mass is 35.5. The van der Waals surface area contributed by atoms with Crippen molar-refractivity contribution in [3.63, 3.8) is 0 Å². The minimum absolute atomic E-state index is 0.192. The van der Waals surface area contributed by atoms with Gasteiger partial charge in [-0.3, -0.25) is 4.79 Å². The van der Waals surface area contributed by atoms with Crippen LogP contribution in [0.1, 0.15) is 38.2 Å². The molecule has 0 unspecified atom stereocenters. The van der Waals surface area contributed by atoms with E-state index in [0.29, 0.717) is 10.9 Å². The molecular formula is C18H22ClNO3. The van der Waals surface area contributed by atoms with E-state index >= 15 is 0 Å². The quantitative estimate of drug-likeness (QED) is 0.661. The Labute approximate surface area is 141 Å². The Balaban J connectivity index is 1.74. The van der Waals surface area contributed by atoms with Gasteiger partial charge in [0.1, 0.15) is 0 Å². The van der Waals surface area contributed by atoms with Crippen LogP contribution in [0.5, 0.6) is 0 Å². The normalized spacial score (nSPS) is 21.1. The summed E-state index contributed by atoms with van der Waals surface area (Å²) < 4.78 is 4.96. The number of rotatable bonds is 5. The Morgan fingerprint density at radius 1 is 1.35 bits per heavy atom. The van der Waals surface area contributed by atoms with Crippen molar-refractivity contribution in [2.24, 2.45) is 5.92 Å². The molecule has 4 nitrogen and oxygen atoms in total. The van der Waals surface area contributed by atoms with Crippen LogP contribution < -0.4 is 5.32 Å². The summed E-state index contributed by atoms with van der Waals surface area (Å²) in [6.07, 6.45) is 7.38. The first kappa shape index (κ1) is 17.5. The Morgan fingerprint density at radius 2 is 2.13 bits per heavy atom. The topological polar surface area (TPSA) is 55.4 Å². The SMILES string of the molecule is C[C@@H]1CCCC[C@H]1NC(=O)COC(=O)/C=C/c1cccc(Cl)c1. The summed E-state index contributed by atoms with van der Waals surface area (Å²) in [6.45, 7) is 1.89. The fourth-order valence-corrected chi connectivity index (χ4v) is 2.94. The first-order valence-corrected chi connectivity index (χ1v) is 8.32. The molecule has 5 heteroatoms. The van der Waals surface area contributed by atoms with Gasteiger partial charge in [-0.2, -0.15) is 0 Å². The van der Waals surface area contributed by atoms with Gasteiger partial charge >= 0.3 is 5.97 Å². The summed E-state index contributed by atoms with van der Waals surface area (Å²) in [5.41, 5.74) is 0.801. The van der Waals surface area contributed by atoms with E-state index in [1.807, 2.05) is 6.07 Å². The maximum absolute atomic E-state index is 11.9. The van der Waals surface area contributed by atoms with E-state index in [0.717, 1.165) is 24.8 Å². The summed E-state index contributed by atoms with van der Waals surface area (Å²) in [7, 11) is 0. The van der Waals surface area contributed by atoms with Crippen molar-refractivity contribution in [1.29, 1.82) is 0 Å². The van der Waals surface area contributed by atoms with Crippen molar-refractivity contribution < 1.29 is 14.3 Å². The predicted octanol–water partition coefficient (Wildman–Crippen LogP) is 3.59. The van der Waals surface area contributed by atoms with E-state index in [4.69, 9.17) is 16.3 Å². The maximum atomic E-state index is 11.9. The minimum Gasteiger partial charge on any atom is -0.452 e. The smallest absolute Gasteiger partial charge is 0.331 e. The minimum atomic E-state index is -0.545. The van der Waals surface area contributed by atoms with Crippen LogP contribution in [-0.4, -0.2) is 24.5 Å². The fourth-order valence-electron chi connectivity index (χ4n) is 2.74. The van der Waals surface area contributed by atoms with E-state index in [2.05, 4.69) is 12.2 Å². The van der Waals surface area contributed by atoms with Crippen LogP contribution in [0, 0.1) is 5.92 Å². The Bertz CT molecular complexity index is 585. The van der Waals surface area contributed by atoms with Crippen LogP contribution in [0.25, 0.3) is 6.08 Å². The van der Waals surface area contributed by atoms with E-state index in [-0.39, 0.29) is 18.6 Å². The van der Waals surface area contributed by atoms with E-state index in [1.54, 1.807) is 24.3 Å². The van der Waals surface area contributed by atoms with Gasteiger partial charge in [0.05, 0.1) is 0 Å². The second-order valence-electron chi connectivity index (χ2n) is 5.93. The van der Waals surface area contributed by atoms with Crippen molar-refractivity contribution >= 4 is 29.6 Å². The monoisotopic (exact) mass is 335 g/mol. The highest BCUT2D eigenvalue weighted by molar-refractivity contribution is 6.30. The van der Waals surface area contributed by atoms with Crippen molar-refractivity contribution in [2.45, 2.75) is 38.6 Å². The first-order chi connectivity index (χ1) is 11.0. The lowest BCUT2D eigenvalue weighted by molar-refractivity contribution is -0.144. The highest BCUT2D eigenvalue weighted by Crippen LogP contribution is 2.23. The van der Waals surface area contributed by atoms with Crippen LogP contribution in [0.3, 0.4) is 0 Å². The van der Waals surface area contributed by atoms with Crippen LogP contribution in [0.2, 0.25) is 5.02 Å². The number of amides is 1. The molecule has 1 aliphatic carbocycles. The van der Waals surface area contributed by atoms with Gasteiger partial charge < -0.3 is 10.1 Å². The fraction of sp³-hybridized carbons (Fsp3) is 0.444. The molecule has 23 heavy (non-hydrogen) atoms. The molecule has 0 bridgehead atoms. The molecule has 1 fully saturated rings. The number of hydrogen-bond donors (Lipinski definition) is 1. The van der Waals surface area contributed by atoms with Gasteiger partial charge in [0, 0.05) is 17.1 Å². The van der Waals surface area contributed by atoms with Crippen LogP contribution in [0.15, 0.2) is 30.3 Å².